The van der Waals surface area contributed by atoms with Crippen molar-refractivity contribution in [2.24, 2.45) is 0 Å². The molecule has 3 aromatic carbocycles. The van der Waals surface area contributed by atoms with Gasteiger partial charge in [0.05, 0.1) is 33.4 Å². The molecule has 3 amide bonds. The third-order valence-corrected chi connectivity index (χ3v) is 12.4. The quantitative estimate of drug-likeness (QED) is 0.220. The van der Waals surface area contributed by atoms with Crippen LogP contribution in [0, 0.1) is 0 Å². The number of thioether (sulfide) groups is 1. The first-order valence-corrected chi connectivity index (χ1v) is 17.9. The van der Waals surface area contributed by atoms with Crippen molar-refractivity contribution in [3.05, 3.63) is 98.5 Å². The second-order valence-corrected chi connectivity index (χ2v) is 15.1. The second-order valence-electron chi connectivity index (χ2n) is 12.6. The summed E-state index contributed by atoms with van der Waals surface area (Å²) in [5.41, 5.74) is 1.10. The van der Waals surface area contributed by atoms with Gasteiger partial charge in [-0.2, -0.15) is 13.2 Å². The van der Waals surface area contributed by atoms with E-state index in [4.69, 9.17) is 34.8 Å². The summed E-state index contributed by atoms with van der Waals surface area (Å²) in [7, 11) is 2.50. The SMILES string of the molecule is CN(CC(c1ccc(Cl)c(Cl)c1)([C@@H](CO)N1CCC2(CC1)SCc1ccccc12)N(C)C(=O)C(=O)Nc1ccccc1Cl)C(=O)CC(F)(F)F.Cl. The molecule has 0 bridgehead atoms. The minimum Gasteiger partial charge on any atom is -0.395 e. The highest BCUT2D eigenvalue weighted by molar-refractivity contribution is 7.99. The van der Waals surface area contributed by atoms with Gasteiger partial charge in [-0.05, 0) is 53.8 Å². The van der Waals surface area contributed by atoms with Gasteiger partial charge < -0.3 is 20.2 Å². The van der Waals surface area contributed by atoms with Crippen molar-refractivity contribution in [2.75, 3.05) is 45.7 Å². The summed E-state index contributed by atoms with van der Waals surface area (Å²) in [6.45, 7) is -0.263. The maximum Gasteiger partial charge on any atom is 0.397 e. The fourth-order valence-corrected chi connectivity index (χ4v) is 9.06. The molecule has 3 aromatic rings. The highest BCUT2D eigenvalue weighted by Gasteiger charge is 2.53. The molecule has 0 aliphatic carbocycles. The van der Waals surface area contributed by atoms with Crippen LogP contribution in [0.15, 0.2) is 66.7 Å². The van der Waals surface area contributed by atoms with E-state index in [1.165, 1.54) is 55.6 Å². The third-order valence-electron chi connectivity index (χ3n) is 9.68. The van der Waals surface area contributed by atoms with Crippen LogP contribution in [0.25, 0.3) is 0 Å². The number of carbonyl (C=O) groups excluding carboxylic acids is 3. The van der Waals surface area contributed by atoms with E-state index in [1.54, 1.807) is 12.1 Å². The zero-order chi connectivity index (χ0) is 36.4. The van der Waals surface area contributed by atoms with Crippen LogP contribution in [0.5, 0.6) is 0 Å². The molecule has 0 aromatic heterocycles. The van der Waals surface area contributed by atoms with E-state index in [2.05, 4.69) is 17.4 Å². The molecular weight excluding hydrogens is 771 g/mol. The molecule has 2 atom stereocenters. The van der Waals surface area contributed by atoms with Crippen LogP contribution in [0.3, 0.4) is 0 Å². The number of aliphatic hydroxyl groups is 1. The number of alkyl halides is 3. The molecule has 1 spiro atoms. The molecule has 276 valence electrons. The van der Waals surface area contributed by atoms with Gasteiger partial charge in [0.25, 0.3) is 0 Å². The number of hydrogen-bond acceptors (Lipinski definition) is 6. The predicted octanol–water partition coefficient (Wildman–Crippen LogP) is 7.37. The number of benzene rings is 3. The molecule has 1 saturated heterocycles. The van der Waals surface area contributed by atoms with Crippen LogP contribution in [0.4, 0.5) is 18.9 Å². The number of halogens is 7. The first kappa shape index (κ1) is 41.1. The fourth-order valence-electron chi connectivity index (χ4n) is 7.07. The number of fused-ring (bicyclic) bond motifs is 2. The number of para-hydroxylation sites is 1. The fraction of sp³-hybridized carbons (Fsp3) is 0.400. The number of likely N-dealkylation sites (N-methyl/N-ethyl adjacent to an activating group) is 2. The molecule has 2 aliphatic heterocycles. The van der Waals surface area contributed by atoms with Crippen LogP contribution in [0.2, 0.25) is 15.1 Å². The number of rotatable bonds is 9. The largest absolute Gasteiger partial charge is 0.397 e. The summed E-state index contributed by atoms with van der Waals surface area (Å²) >= 11 is 20.9. The Labute approximate surface area is 320 Å². The summed E-state index contributed by atoms with van der Waals surface area (Å²) in [4.78, 5) is 44.7. The van der Waals surface area contributed by atoms with Gasteiger partial charge in [-0.3, -0.25) is 19.3 Å². The Morgan fingerprint density at radius 2 is 1.61 bits per heavy atom. The van der Waals surface area contributed by atoms with E-state index >= 15 is 0 Å². The zero-order valence-electron chi connectivity index (χ0n) is 27.7. The number of carbonyl (C=O) groups is 3. The standard InChI is InChI=1S/C35H36Cl3F3N4O4S.ClH/c1-43(30(47)18-35(39,40)41)21-34(23-11-12-25(36)27(38)17-23,44(2)32(49)31(48)42-28-10-6-5-9-26(28)37)29(19-46)45-15-13-33(14-16-45)24-8-4-3-7-22(24)20-50-33;/h3-12,17,29,46H,13-16,18-21H2,1-2H3,(H,42,48);1H/t29-,34?;/m1./s1. The van der Waals surface area contributed by atoms with Gasteiger partial charge in [0.15, 0.2) is 0 Å². The van der Waals surface area contributed by atoms with Gasteiger partial charge in [0.1, 0.15) is 12.0 Å². The Kier molecular flexibility index (Phi) is 13.3. The van der Waals surface area contributed by atoms with E-state index in [9.17, 15) is 32.7 Å². The monoisotopic (exact) mass is 806 g/mol. The zero-order valence-corrected chi connectivity index (χ0v) is 31.6. The molecule has 1 unspecified atom stereocenters. The van der Waals surface area contributed by atoms with Crippen LogP contribution in [0.1, 0.15) is 36.0 Å². The first-order valence-electron chi connectivity index (χ1n) is 15.8. The second kappa shape index (κ2) is 16.5. The summed E-state index contributed by atoms with van der Waals surface area (Å²) in [6.07, 6.45) is -5.20. The lowest BCUT2D eigenvalue weighted by molar-refractivity contribution is -0.164. The molecule has 5 rings (SSSR count). The number of hydrogen-bond donors (Lipinski definition) is 2. The van der Waals surface area contributed by atoms with Gasteiger partial charge >= 0.3 is 18.0 Å². The number of nitrogens with zero attached hydrogens (tertiary/aromatic N) is 3. The Bertz CT molecular complexity index is 1760. The minimum atomic E-state index is -4.80. The average molecular weight is 809 g/mol. The Hall–Kier alpha value is -2.71. The molecule has 2 heterocycles. The number of nitrogens with one attached hydrogen (secondary N) is 1. The van der Waals surface area contributed by atoms with Gasteiger partial charge in [-0.25, -0.2) is 0 Å². The van der Waals surface area contributed by atoms with E-state index in [0.29, 0.717) is 25.9 Å². The van der Waals surface area contributed by atoms with Crippen LogP contribution < -0.4 is 5.32 Å². The lowest BCUT2D eigenvalue weighted by Crippen LogP contribution is -2.68. The molecule has 51 heavy (non-hydrogen) atoms. The molecule has 0 saturated carbocycles. The van der Waals surface area contributed by atoms with Crippen molar-refractivity contribution in [3.8, 4) is 0 Å². The maximum absolute atomic E-state index is 14.2. The van der Waals surface area contributed by atoms with Crippen molar-refractivity contribution in [2.45, 2.75) is 47.5 Å². The van der Waals surface area contributed by atoms with Crippen molar-refractivity contribution in [3.63, 3.8) is 0 Å². The van der Waals surface area contributed by atoms with Gasteiger partial charge in [-0.15, -0.1) is 24.2 Å². The number of anilines is 1. The Morgan fingerprint density at radius 3 is 2.24 bits per heavy atom. The topological polar surface area (TPSA) is 93.2 Å². The molecule has 1 fully saturated rings. The smallest absolute Gasteiger partial charge is 0.395 e. The molecule has 8 nitrogen and oxygen atoms in total. The predicted molar refractivity (Wildman–Crippen MR) is 198 cm³/mol. The van der Waals surface area contributed by atoms with E-state index < -0.39 is 55.1 Å². The Balaban J connectivity index is 0.00000583. The summed E-state index contributed by atoms with van der Waals surface area (Å²) < 4.78 is 40.2. The summed E-state index contributed by atoms with van der Waals surface area (Å²) in [5, 5.41) is 14.1. The molecule has 2 N–H and O–H groups in total. The van der Waals surface area contributed by atoms with E-state index in [0.717, 1.165) is 15.6 Å². The van der Waals surface area contributed by atoms with Crippen LogP contribution in [-0.2, 0) is 30.4 Å². The van der Waals surface area contributed by atoms with E-state index in [1.807, 2.05) is 28.8 Å². The number of amides is 3. The number of likely N-dealkylation sites (tertiary alicyclic amines) is 1. The lowest BCUT2D eigenvalue weighted by atomic mass is 9.77. The maximum atomic E-state index is 14.2. The lowest BCUT2D eigenvalue weighted by Gasteiger charge is -2.53. The van der Waals surface area contributed by atoms with Crippen LogP contribution in [-0.4, -0.2) is 90.1 Å². The highest BCUT2D eigenvalue weighted by Crippen LogP contribution is 2.54. The summed E-state index contributed by atoms with van der Waals surface area (Å²) in [5.74, 6) is -2.60. The van der Waals surface area contributed by atoms with Gasteiger partial charge in [0, 0.05) is 44.2 Å². The van der Waals surface area contributed by atoms with E-state index in [-0.39, 0.29) is 43.5 Å². The normalized spacial score (nSPS) is 17.1. The van der Waals surface area contributed by atoms with Crippen molar-refractivity contribution >= 4 is 82.4 Å². The number of aliphatic hydroxyl groups excluding tert-OH is 1. The Morgan fingerprint density at radius 1 is 0.961 bits per heavy atom. The first-order chi connectivity index (χ1) is 23.6. The van der Waals surface area contributed by atoms with Crippen molar-refractivity contribution < 1.29 is 32.7 Å². The van der Waals surface area contributed by atoms with Gasteiger partial charge in [-0.1, -0.05) is 77.3 Å². The van der Waals surface area contributed by atoms with Gasteiger partial charge in [0.2, 0.25) is 5.91 Å². The summed E-state index contributed by atoms with van der Waals surface area (Å²) in [6, 6.07) is 17.9. The number of piperidine rings is 1. The molecule has 0 radical (unpaired) electrons. The molecular formula is C35H37Cl4F3N4O4S. The highest BCUT2D eigenvalue weighted by atomic mass is 35.5. The molecule has 16 heteroatoms. The minimum absolute atomic E-state index is 0. The van der Waals surface area contributed by atoms with Crippen LogP contribution >= 0.6 is 59.0 Å². The van der Waals surface area contributed by atoms with Crippen molar-refractivity contribution in [1.82, 2.24) is 14.7 Å². The molecule has 2 aliphatic rings. The average Bonchev–Trinajstić information content (AvgIpc) is 3.43. The van der Waals surface area contributed by atoms with Crippen molar-refractivity contribution in [1.29, 1.82) is 0 Å². The third kappa shape index (κ3) is 8.59.